The van der Waals surface area contributed by atoms with E-state index in [1.807, 2.05) is 44.2 Å². The number of rotatable bonds is 5. The number of hydrogen-bond donors (Lipinski definition) is 1. The van der Waals surface area contributed by atoms with Crippen LogP contribution in [0.15, 0.2) is 30.3 Å². The number of nitrogens with zero attached hydrogens (tertiary/aromatic N) is 1. The van der Waals surface area contributed by atoms with Gasteiger partial charge in [0.2, 0.25) is 5.88 Å². The minimum Gasteiger partial charge on any atom is -0.497 e. The van der Waals surface area contributed by atoms with Gasteiger partial charge in [0, 0.05) is 17.8 Å². The molecule has 0 radical (unpaired) electrons. The third-order valence-corrected chi connectivity index (χ3v) is 3.15. The minimum atomic E-state index is 0.423. The third kappa shape index (κ3) is 3.27. The molecule has 0 aliphatic carbocycles. The van der Waals surface area contributed by atoms with Gasteiger partial charge in [-0.05, 0) is 43.2 Å². The fourth-order valence-corrected chi connectivity index (χ4v) is 2.11. The molecule has 0 fully saturated rings. The maximum absolute atomic E-state index is 5.83. The average molecular weight is 272 g/mol. The first-order valence-electron chi connectivity index (χ1n) is 6.57. The number of pyridine rings is 1. The Bertz CT molecular complexity index is 597. The largest absolute Gasteiger partial charge is 0.497 e. The smallest absolute Gasteiger partial charge is 0.218 e. The Morgan fingerprint density at radius 1 is 1.20 bits per heavy atom. The van der Waals surface area contributed by atoms with Gasteiger partial charge in [0.15, 0.2) is 0 Å². The second-order valence-electron chi connectivity index (χ2n) is 4.71. The zero-order valence-electron chi connectivity index (χ0n) is 12.1. The molecular weight excluding hydrogens is 252 g/mol. The molecule has 0 atom stereocenters. The van der Waals surface area contributed by atoms with Gasteiger partial charge >= 0.3 is 0 Å². The molecule has 0 aliphatic rings. The van der Waals surface area contributed by atoms with Gasteiger partial charge in [-0.15, -0.1) is 0 Å². The molecule has 0 aliphatic heterocycles. The van der Waals surface area contributed by atoms with Crippen LogP contribution in [0, 0.1) is 13.8 Å². The number of ether oxygens (including phenoxy) is 2. The van der Waals surface area contributed by atoms with Crippen molar-refractivity contribution in [2.75, 3.05) is 7.11 Å². The normalized spacial score (nSPS) is 10.4. The Kier molecular flexibility index (Phi) is 4.58. The summed E-state index contributed by atoms with van der Waals surface area (Å²) in [5.41, 5.74) is 9.81. The molecule has 106 valence electrons. The van der Waals surface area contributed by atoms with Gasteiger partial charge in [-0.25, -0.2) is 4.98 Å². The molecule has 4 heteroatoms. The highest BCUT2D eigenvalue weighted by atomic mass is 16.5. The maximum Gasteiger partial charge on any atom is 0.218 e. The quantitative estimate of drug-likeness (QED) is 0.909. The average Bonchev–Trinajstić information content (AvgIpc) is 2.45. The molecule has 2 N–H and O–H groups in total. The molecule has 1 heterocycles. The molecule has 0 bridgehead atoms. The zero-order chi connectivity index (χ0) is 14.5. The van der Waals surface area contributed by atoms with Crippen LogP contribution >= 0.6 is 0 Å². The lowest BCUT2D eigenvalue weighted by Crippen LogP contribution is -2.07. The van der Waals surface area contributed by atoms with Gasteiger partial charge in [0.05, 0.1) is 7.11 Å². The van der Waals surface area contributed by atoms with Crippen LogP contribution in [0.4, 0.5) is 0 Å². The summed E-state index contributed by atoms with van der Waals surface area (Å²) in [5.74, 6) is 1.44. The highest BCUT2D eigenvalue weighted by Gasteiger charge is 2.09. The summed E-state index contributed by atoms with van der Waals surface area (Å²) in [6.45, 7) is 4.84. The molecule has 4 nitrogen and oxygen atoms in total. The van der Waals surface area contributed by atoms with Gasteiger partial charge in [0.1, 0.15) is 12.4 Å². The summed E-state index contributed by atoms with van der Waals surface area (Å²) in [5, 5.41) is 0. The van der Waals surface area contributed by atoms with Crippen LogP contribution in [0.3, 0.4) is 0 Å². The summed E-state index contributed by atoms with van der Waals surface area (Å²) in [7, 11) is 1.65. The number of benzene rings is 1. The first-order chi connectivity index (χ1) is 9.63. The minimum absolute atomic E-state index is 0.423. The van der Waals surface area contributed by atoms with Crippen molar-refractivity contribution in [2.45, 2.75) is 27.0 Å². The second-order valence-corrected chi connectivity index (χ2v) is 4.71. The summed E-state index contributed by atoms with van der Waals surface area (Å²) in [6.07, 6.45) is 0. The van der Waals surface area contributed by atoms with Gasteiger partial charge in [-0.3, -0.25) is 0 Å². The molecule has 20 heavy (non-hydrogen) atoms. The number of nitrogens with two attached hydrogens (primary N) is 1. The van der Waals surface area contributed by atoms with Crippen LogP contribution in [0.25, 0.3) is 0 Å². The van der Waals surface area contributed by atoms with Crippen LogP contribution in [0.5, 0.6) is 11.6 Å². The van der Waals surface area contributed by atoms with E-state index in [2.05, 4.69) is 4.98 Å². The van der Waals surface area contributed by atoms with Crippen molar-refractivity contribution in [3.8, 4) is 11.6 Å². The fraction of sp³-hybridized carbons (Fsp3) is 0.312. The molecule has 2 rings (SSSR count). The van der Waals surface area contributed by atoms with Crippen molar-refractivity contribution in [2.24, 2.45) is 5.73 Å². The van der Waals surface area contributed by atoms with Crippen molar-refractivity contribution in [3.63, 3.8) is 0 Å². The molecule has 0 amide bonds. The van der Waals surface area contributed by atoms with Gasteiger partial charge in [0.25, 0.3) is 0 Å². The Hall–Kier alpha value is -2.07. The maximum atomic E-state index is 5.83. The van der Waals surface area contributed by atoms with E-state index in [1.54, 1.807) is 7.11 Å². The van der Waals surface area contributed by atoms with E-state index in [-0.39, 0.29) is 0 Å². The van der Waals surface area contributed by atoms with Gasteiger partial charge in [-0.1, -0.05) is 12.1 Å². The third-order valence-electron chi connectivity index (χ3n) is 3.15. The Morgan fingerprint density at radius 3 is 2.70 bits per heavy atom. The van der Waals surface area contributed by atoms with E-state index in [0.717, 1.165) is 28.1 Å². The molecule has 1 aromatic heterocycles. The van der Waals surface area contributed by atoms with Crippen molar-refractivity contribution in [1.29, 1.82) is 0 Å². The number of aromatic nitrogens is 1. The highest BCUT2D eigenvalue weighted by Crippen LogP contribution is 2.22. The molecule has 1 aromatic carbocycles. The van der Waals surface area contributed by atoms with Crippen molar-refractivity contribution in [3.05, 3.63) is 52.7 Å². The summed E-state index contributed by atoms with van der Waals surface area (Å²) < 4.78 is 11.0. The summed E-state index contributed by atoms with van der Waals surface area (Å²) >= 11 is 0. The summed E-state index contributed by atoms with van der Waals surface area (Å²) in [6, 6.07) is 9.80. The van der Waals surface area contributed by atoms with Gasteiger partial charge in [-0.2, -0.15) is 0 Å². The molecule has 0 saturated heterocycles. The van der Waals surface area contributed by atoms with E-state index in [0.29, 0.717) is 19.0 Å². The number of hydrogen-bond acceptors (Lipinski definition) is 4. The number of methoxy groups -OCH3 is 1. The zero-order valence-corrected chi connectivity index (χ0v) is 12.1. The topological polar surface area (TPSA) is 57.4 Å². The Morgan fingerprint density at radius 2 is 2.00 bits per heavy atom. The lowest BCUT2D eigenvalue weighted by atomic mass is 10.1. The highest BCUT2D eigenvalue weighted by molar-refractivity contribution is 5.36. The molecule has 0 unspecified atom stereocenters. The predicted molar refractivity (Wildman–Crippen MR) is 78.9 cm³/mol. The standard InChI is InChI=1S/C16H20N2O2/c1-11-7-12(2)18-16(15(11)9-17)20-10-13-5-4-6-14(8-13)19-3/h4-8H,9-10,17H2,1-3H3. The first-order valence-corrected chi connectivity index (χ1v) is 6.57. The molecular formula is C16H20N2O2. The monoisotopic (exact) mass is 272 g/mol. The first kappa shape index (κ1) is 14.3. The van der Waals surface area contributed by atoms with Crippen LogP contribution in [-0.2, 0) is 13.2 Å². The predicted octanol–water partition coefficient (Wildman–Crippen LogP) is 2.74. The van der Waals surface area contributed by atoms with Crippen LogP contribution < -0.4 is 15.2 Å². The molecule has 0 spiro atoms. The Balaban J connectivity index is 2.18. The number of aryl methyl sites for hydroxylation is 2. The van der Waals surface area contributed by atoms with E-state index < -0.39 is 0 Å². The van der Waals surface area contributed by atoms with E-state index >= 15 is 0 Å². The van der Waals surface area contributed by atoms with Crippen LogP contribution in [0.2, 0.25) is 0 Å². The van der Waals surface area contributed by atoms with Crippen molar-refractivity contribution in [1.82, 2.24) is 4.98 Å². The lowest BCUT2D eigenvalue weighted by molar-refractivity contribution is 0.289. The molecule has 2 aromatic rings. The lowest BCUT2D eigenvalue weighted by Gasteiger charge is -2.13. The van der Waals surface area contributed by atoms with Crippen LogP contribution in [0.1, 0.15) is 22.4 Å². The SMILES string of the molecule is COc1cccc(COc2nc(C)cc(C)c2CN)c1. The van der Waals surface area contributed by atoms with E-state index in [9.17, 15) is 0 Å². The van der Waals surface area contributed by atoms with E-state index in [1.165, 1.54) is 0 Å². The van der Waals surface area contributed by atoms with Crippen LogP contribution in [-0.4, -0.2) is 12.1 Å². The fourth-order valence-electron chi connectivity index (χ4n) is 2.11. The van der Waals surface area contributed by atoms with Crippen molar-refractivity contribution >= 4 is 0 Å². The second kappa shape index (κ2) is 6.39. The summed E-state index contributed by atoms with van der Waals surface area (Å²) in [4.78, 5) is 4.43. The molecule has 0 saturated carbocycles. The van der Waals surface area contributed by atoms with Crippen molar-refractivity contribution < 1.29 is 9.47 Å². The Labute approximate surface area is 119 Å². The van der Waals surface area contributed by atoms with E-state index in [4.69, 9.17) is 15.2 Å². The van der Waals surface area contributed by atoms with Gasteiger partial charge < -0.3 is 15.2 Å².